The van der Waals surface area contributed by atoms with Gasteiger partial charge in [-0.1, -0.05) is 25.1 Å². The van der Waals surface area contributed by atoms with Crippen molar-refractivity contribution in [1.29, 1.82) is 5.26 Å². The lowest BCUT2D eigenvalue weighted by Gasteiger charge is -2.39. The van der Waals surface area contributed by atoms with Gasteiger partial charge in [-0.15, -0.1) is 0 Å². The number of rotatable bonds is 8. The number of carbonyl (C=O) groups is 1. The molecule has 5 atom stereocenters. The van der Waals surface area contributed by atoms with Crippen LogP contribution in [0.15, 0.2) is 54.1 Å². The molecule has 2 aromatic carbocycles. The van der Waals surface area contributed by atoms with E-state index in [1.54, 1.807) is 13.8 Å². The number of fused-ring (bicyclic) bond motifs is 1. The standard InChI is InChI=1S/C31H38N4O5/c1-6-35(7-2)23-11-10-20-14-22(9-8-21(20)15-23)26-13-12-25(34(26)5)18(3)24(16-32)30(38)33-17-27-28(36)19(4)29(37)31(39)40-27/h8-15,19,27-29,31,36-37,39H,6-7,17H2,1-5H3,(H,33,38)/b24-18+/t19-,27+,28-,29+,31?/m0/s1. The van der Waals surface area contributed by atoms with E-state index in [4.69, 9.17) is 4.74 Å². The van der Waals surface area contributed by atoms with Crippen LogP contribution in [0.4, 0.5) is 5.69 Å². The van der Waals surface area contributed by atoms with Crippen LogP contribution in [0.2, 0.25) is 0 Å². The summed E-state index contributed by atoms with van der Waals surface area (Å²) < 4.78 is 7.21. The molecule has 0 bridgehead atoms. The summed E-state index contributed by atoms with van der Waals surface area (Å²) in [5.41, 5.74) is 4.33. The third-order valence-electron chi connectivity index (χ3n) is 8.00. The fraction of sp³-hybridized carbons (Fsp3) is 0.419. The molecule has 1 aromatic heterocycles. The monoisotopic (exact) mass is 546 g/mol. The Morgan fingerprint density at radius 3 is 2.40 bits per heavy atom. The topological polar surface area (TPSA) is 131 Å². The SMILES string of the molecule is CCN(CC)c1ccc2cc(-c3ccc(/C(C)=C(\C#N)C(=O)NC[C@H]4OC(O)[C@H](O)[C@@H](C)[C@@H]4O)n3C)ccc2c1. The van der Waals surface area contributed by atoms with Crippen molar-refractivity contribution in [3.05, 3.63) is 59.8 Å². The van der Waals surface area contributed by atoms with Gasteiger partial charge < -0.3 is 34.8 Å². The number of nitrogens with zero attached hydrogens (tertiary/aromatic N) is 3. The Labute approximate surface area is 234 Å². The van der Waals surface area contributed by atoms with E-state index in [0.29, 0.717) is 5.57 Å². The third kappa shape index (κ3) is 5.62. The first-order chi connectivity index (χ1) is 19.1. The normalized spacial score (nSPS) is 23.4. The van der Waals surface area contributed by atoms with Crippen LogP contribution in [0.5, 0.6) is 0 Å². The smallest absolute Gasteiger partial charge is 0.262 e. The number of allylic oxidation sites excluding steroid dienone is 1. The van der Waals surface area contributed by atoms with Crippen molar-refractivity contribution in [2.75, 3.05) is 24.5 Å². The van der Waals surface area contributed by atoms with E-state index >= 15 is 0 Å². The van der Waals surface area contributed by atoms with Crippen LogP contribution in [0.25, 0.3) is 27.6 Å². The highest BCUT2D eigenvalue weighted by atomic mass is 16.6. The fourth-order valence-corrected chi connectivity index (χ4v) is 5.38. The summed E-state index contributed by atoms with van der Waals surface area (Å²) in [5.74, 6) is -1.25. The van der Waals surface area contributed by atoms with E-state index in [2.05, 4.69) is 60.5 Å². The number of nitrogens with one attached hydrogen (secondary N) is 1. The molecule has 0 spiro atoms. The molecule has 0 radical (unpaired) electrons. The van der Waals surface area contributed by atoms with Gasteiger partial charge in [0.2, 0.25) is 0 Å². The lowest BCUT2D eigenvalue weighted by Crippen LogP contribution is -2.56. The third-order valence-corrected chi connectivity index (χ3v) is 8.00. The average molecular weight is 547 g/mol. The van der Waals surface area contributed by atoms with Gasteiger partial charge in [0.05, 0.1) is 6.10 Å². The minimum atomic E-state index is -1.46. The zero-order chi connectivity index (χ0) is 29.1. The molecule has 4 N–H and O–H groups in total. The van der Waals surface area contributed by atoms with Crippen LogP contribution < -0.4 is 10.2 Å². The van der Waals surface area contributed by atoms with Crippen LogP contribution in [-0.4, -0.2) is 70.0 Å². The quantitative estimate of drug-likeness (QED) is 0.252. The second-order valence-corrected chi connectivity index (χ2v) is 10.3. The highest BCUT2D eigenvalue weighted by Crippen LogP contribution is 2.31. The fourth-order valence-electron chi connectivity index (χ4n) is 5.38. The number of aliphatic hydroxyl groups excluding tert-OH is 3. The highest BCUT2D eigenvalue weighted by Gasteiger charge is 2.41. The molecule has 1 saturated heterocycles. The zero-order valence-corrected chi connectivity index (χ0v) is 23.6. The predicted octanol–water partition coefficient (Wildman–Crippen LogP) is 3.18. The second-order valence-electron chi connectivity index (χ2n) is 10.3. The zero-order valence-electron chi connectivity index (χ0n) is 23.6. The van der Waals surface area contributed by atoms with Gasteiger partial charge >= 0.3 is 0 Å². The molecule has 3 aromatic rings. The summed E-state index contributed by atoms with van der Waals surface area (Å²) in [7, 11) is 1.90. The van der Waals surface area contributed by atoms with Gasteiger partial charge in [0.25, 0.3) is 5.91 Å². The van der Waals surface area contributed by atoms with Crippen molar-refractivity contribution in [2.45, 2.75) is 52.3 Å². The summed E-state index contributed by atoms with van der Waals surface area (Å²) in [5, 5.41) is 44.9. The van der Waals surface area contributed by atoms with Crippen molar-refractivity contribution in [3.63, 3.8) is 0 Å². The van der Waals surface area contributed by atoms with Gasteiger partial charge in [-0.3, -0.25) is 4.79 Å². The number of nitriles is 1. The Kier molecular flexibility index (Phi) is 8.96. The van der Waals surface area contributed by atoms with Crippen molar-refractivity contribution >= 4 is 27.9 Å². The molecule has 2 heterocycles. The Hall–Kier alpha value is -3.68. The Morgan fingerprint density at radius 2 is 1.73 bits per heavy atom. The van der Waals surface area contributed by atoms with Gasteiger partial charge in [0.15, 0.2) is 6.29 Å². The summed E-state index contributed by atoms with van der Waals surface area (Å²) in [6, 6.07) is 18.7. The first-order valence-corrected chi connectivity index (χ1v) is 13.6. The first-order valence-electron chi connectivity index (χ1n) is 13.6. The molecule has 9 heteroatoms. The molecular weight excluding hydrogens is 508 g/mol. The van der Waals surface area contributed by atoms with E-state index in [1.807, 2.05) is 29.8 Å². The highest BCUT2D eigenvalue weighted by molar-refractivity contribution is 6.04. The van der Waals surface area contributed by atoms with Crippen LogP contribution in [-0.2, 0) is 16.6 Å². The maximum atomic E-state index is 13.0. The van der Waals surface area contributed by atoms with Crippen molar-refractivity contribution in [2.24, 2.45) is 13.0 Å². The largest absolute Gasteiger partial charge is 0.390 e. The van der Waals surface area contributed by atoms with Gasteiger partial charge in [-0.2, -0.15) is 5.26 Å². The molecule has 1 aliphatic rings. The van der Waals surface area contributed by atoms with Crippen molar-refractivity contribution in [1.82, 2.24) is 9.88 Å². The maximum Gasteiger partial charge on any atom is 0.262 e. The molecule has 1 aliphatic heterocycles. The molecule has 4 rings (SSSR count). The number of aromatic nitrogens is 1. The number of benzene rings is 2. The number of hydrogen-bond donors (Lipinski definition) is 4. The minimum absolute atomic E-state index is 0.0610. The Balaban J connectivity index is 1.55. The number of aliphatic hydroxyl groups is 3. The Morgan fingerprint density at radius 1 is 1.05 bits per heavy atom. The number of carbonyl (C=O) groups excluding carboxylic acids is 1. The van der Waals surface area contributed by atoms with E-state index in [1.165, 1.54) is 5.69 Å². The lowest BCUT2D eigenvalue weighted by atomic mass is 9.90. The number of anilines is 1. The molecule has 1 unspecified atom stereocenters. The maximum absolute atomic E-state index is 13.0. The van der Waals surface area contributed by atoms with Gasteiger partial charge in [0.1, 0.15) is 23.9 Å². The molecule has 0 saturated carbocycles. The van der Waals surface area contributed by atoms with Gasteiger partial charge in [-0.25, -0.2) is 0 Å². The molecular formula is C31H38N4O5. The van der Waals surface area contributed by atoms with Crippen molar-refractivity contribution < 1.29 is 24.9 Å². The lowest BCUT2D eigenvalue weighted by molar-refractivity contribution is -0.263. The number of hydrogen-bond acceptors (Lipinski definition) is 7. The van der Waals surface area contributed by atoms with Crippen molar-refractivity contribution in [3.8, 4) is 17.3 Å². The predicted molar refractivity (Wildman–Crippen MR) is 155 cm³/mol. The average Bonchev–Trinajstić information content (AvgIpc) is 3.34. The number of ether oxygens (including phenoxy) is 1. The second kappa shape index (κ2) is 12.2. The minimum Gasteiger partial charge on any atom is -0.390 e. The van der Waals surface area contributed by atoms with E-state index in [-0.39, 0.29) is 12.1 Å². The molecule has 1 amide bonds. The van der Waals surface area contributed by atoms with E-state index in [0.717, 1.165) is 40.8 Å². The summed E-state index contributed by atoms with van der Waals surface area (Å²) in [6.45, 7) is 9.38. The molecule has 9 nitrogen and oxygen atoms in total. The number of amides is 1. The molecule has 1 fully saturated rings. The summed E-state index contributed by atoms with van der Waals surface area (Å²) in [4.78, 5) is 15.3. The van der Waals surface area contributed by atoms with Crippen LogP contribution in [0.3, 0.4) is 0 Å². The molecule has 0 aliphatic carbocycles. The first kappa shape index (κ1) is 29.3. The van der Waals surface area contributed by atoms with Gasteiger partial charge in [0, 0.05) is 49.7 Å². The van der Waals surface area contributed by atoms with E-state index in [9.17, 15) is 25.4 Å². The van der Waals surface area contributed by atoms with Gasteiger partial charge in [-0.05, 0) is 73.0 Å². The summed E-state index contributed by atoms with van der Waals surface area (Å²) in [6.07, 6.45) is -4.70. The van der Waals surface area contributed by atoms with E-state index < -0.39 is 36.4 Å². The van der Waals surface area contributed by atoms with Crippen LogP contribution in [0, 0.1) is 17.2 Å². The van der Waals surface area contributed by atoms with Crippen LogP contribution >= 0.6 is 0 Å². The summed E-state index contributed by atoms with van der Waals surface area (Å²) >= 11 is 0. The molecule has 40 heavy (non-hydrogen) atoms. The molecule has 212 valence electrons. The Bertz CT molecular complexity index is 1450. The van der Waals surface area contributed by atoms with Crippen LogP contribution in [0.1, 0.15) is 33.4 Å².